The van der Waals surface area contributed by atoms with E-state index < -0.39 is 65.6 Å². The Balaban J connectivity index is 2.65. The molecular weight excluding hydrogens is 542 g/mol. The van der Waals surface area contributed by atoms with Gasteiger partial charge >= 0.3 is 5.97 Å². The van der Waals surface area contributed by atoms with Gasteiger partial charge in [0, 0.05) is 31.4 Å². The minimum Gasteiger partial charge on any atom is -0.459 e. The van der Waals surface area contributed by atoms with E-state index in [2.05, 4.69) is 0 Å². The number of aliphatic hydroxyl groups is 3. The zero-order valence-electron chi connectivity index (χ0n) is 27.6. The predicted octanol–water partition coefficient (Wildman–Crippen LogP) is 3.10. The molecule has 0 amide bonds. The lowest BCUT2D eigenvalue weighted by Crippen LogP contribution is -2.59. The second-order valence-electron chi connectivity index (χ2n) is 13.4. The molecule has 2 aliphatic rings. The molecule has 2 heterocycles. The van der Waals surface area contributed by atoms with Gasteiger partial charge in [-0.05, 0) is 73.9 Å². The number of likely N-dealkylation sites (N-methyl/N-ethyl adjacent to an activating group) is 1. The van der Waals surface area contributed by atoms with E-state index in [0.29, 0.717) is 19.3 Å². The van der Waals surface area contributed by atoms with E-state index in [1.807, 2.05) is 59.7 Å². The van der Waals surface area contributed by atoms with Crippen LogP contribution in [0.15, 0.2) is 11.6 Å². The van der Waals surface area contributed by atoms with Gasteiger partial charge in [-0.3, -0.25) is 4.79 Å². The minimum absolute atomic E-state index is 0.0563. The Hall–Kier alpha value is -1.40. The van der Waals surface area contributed by atoms with Crippen molar-refractivity contribution in [1.82, 2.24) is 4.90 Å². The van der Waals surface area contributed by atoms with E-state index in [4.69, 9.17) is 18.9 Å². The van der Waals surface area contributed by atoms with E-state index >= 15 is 0 Å². The van der Waals surface area contributed by atoms with Crippen molar-refractivity contribution in [3.05, 3.63) is 11.6 Å². The Morgan fingerprint density at radius 3 is 2.29 bits per heavy atom. The van der Waals surface area contributed by atoms with Gasteiger partial charge in [0.25, 0.3) is 0 Å². The molecule has 0 aromatic carbocycles. The number of carbonyl (C=O) groups excluding carboxylic acids is 2. The summed E-state index contributed by atoms with van der Waals surface area (Å²) in [5.74, 6) is -2.96. The molecule has 1 saturated heterocycles. The Bertz CT molecular complexity index is 924. The summed E-state index contributed by atoms with van der Waals surface area (Å²) in [6, 6.07) is -0.196. The number of hydrogen-bond donors (Lipinski definition) is 3. The smallest absolute Gasteiger partial charge is 0.311 e. The number of nitrogens with zero attached hydrogens (tertiary/aromatic N) is 1. The van der Waals surface area contributed by atoms with Crippen LogP contribution in [0.5, 0.6) is 0 Å². The number of hydrogen-bond acceptors (Lipinski definition) is 10. The van der Waals surface area contributed by atoms with Gasteiger partial charge < -0.3 is 44.0 Å². The third-order valence-corrected chi connectivity index (χ3v) is 9.67. The summed E-state index contributed by atoms with van der Waals surface area (Å²) in [5, 5.41) is 34.5. The fourth-order valence-corrected chi connectivity index (χ4v) is 7.05. The number of ether oxygens (including phenoxy) is 4. The average Bonchev–Trinajstić information content (AvgIpc) is 2.92. The number of aliphatic hydroxyl groups excluding tert-OH is 2. The molecule has 0 aromatic heterocycles. The number of allylic oxidation sites excluding steroid dienone is 1. The van der Waals surface area contributed by atoms with Gasteiger partial charge in [-0.1, -0.05) is 32.4 Å². The summed E-state index contributed by atoms with van der Waals surface area (Å²) in [7, 11) is 5.38. The lowest BCUT2D eigenvalue weighted by Gasteiger charge is -2.48. The number of cyclic esters (lactones) is 1. The van der Waals surface area contributed by atoms with Gasteiger partial charge in [0.05, 0.1) is 29.8 Å². The van der Waals surface area contributed by atoms with E-state index in [1.165, 1.54) is 0 Å². The van der Waals surface area contributed by atoms with Gasteiger partial charge in [-0.25, -0.2) is 0 Å². The third kappa shape index (κ3) is 8.20. The lowest BCUT2D eigenvalue weighted by atomic mass is 9.74. The Morgan fingerprint density at radius 1 is 1.14 bits per heavy atom. The number of rotatable bonds is 7. The maximum atomic E-state index is 13.4. The predicted molar refractivity (Wildman–Crippen MR) is 160 cm³/mol. The first-order valence-corrected chi connectivity index (χ1v) is 15.4. The van der Waals surface area contributed by atoms with Crippen LogP contribution in [0.3, 0.4) is 0 Å². The van der Waals surface area contributed by atoms with Gasteiger partial charge in [0.2, 0.25) is 0 Å². The molecule has 0 aromatic rings. The number of esters is 1. The Kier molecular flexibility index (Phi) is 13.2. The molecule has 244 valence electrons. The summed E-state index contributed by atoms with van der Waals surface area (Å²) in [5.41, 5.74) is -1.70. The van der Waals surface area contributed by atoms with Gasteiger partial charge in [-0.15, -0.1) is 0 Å². The molecule has 13 atom stereocenters. The number of carbonyl (C=O) groups is 2. The quantitative estimate of drug-likeness (QED) is 0.228. The first-order valence-electron chi connectivity index (χ1n) is 15.4. The highest BCUT2D eigenvalue weighted by atomic mass is 16.7. The number of aldehydes is 1. The fourth-order valence-electron chi connectivity index (χ4n) is 7.05. The summed E-state index contributed by atoms with van der Waals surface area (Å²) in [4.78, 5) is 27.1. The second kappa shape index (κ2) is 15.1. The molecule has 1 fully saturated rings. The minimum atomic E-state index is -1.52. The van der Waals surface area contributed by atoms with Crippen LogP contribution in [0.1, 0.15) is 81.1 Å². The van der Waals surface area contributed by atoms with Crippen LogP contribution < -0.4 is 0 Å². The highest BCUT2D eigenvalue weighted by Gasteiger charge is 2.50. The molecule has 3 N–H and O–H groups in total. The van der Waals surface area contributed by atoms with Gasteiger partial charge in [0.1, 0.15) is 24.1 Å². The van der Waals surface area contributed by atoms with Crippen LogP contribution in [-0.4, -0.2) is 108 Å². The molecule has 2 aliphatic heterocycles. The Labute approximate surface area is 252 Å². The van der Waals surface area contributed by atoms with E-state index in [0.717, 1.165) is 11.9 Å². The van der Waals surface area contributed by atoms with Crippen molar-refractivity contribution in [1.29, 1.82) is 0 Å². The van der Waals surface area contributed by atoms with Crippen molar-refractivity contribution in [2.45, 2.75) is 135 Å². The highest BCUT2D eigenvalue weighted by Crippen LogP contribution is 2.40. The van der Waals surface area contributed by atoms with Crippen molar-refractivity contribution in [3.8, 4) is 0 Å². The fraction of sp³-hybridized carbons (Fsp3) is 0.875. The van der Waals surface area contributed by atoms with Crippen LogP contribution in [-0.2, 0) is 28.5 Å². The largest absolute Gasteiger partial charge is 0.459 e. The summed E-state index contributed by atoms with van der Waals surface area (Å²) in [6.07, 6.45) is -0.765. The molecule has 0 radical (unpaired) electrons. The molecule has 0 unspecified atom stereocenters. The summed E-state index contributed by atoms with van der Waals surface area (Å²) in [6.45, 7) is 14.5. The number of methoxy groups -OCH3 is 1. The Morgan fingerprint density at radius 2 is 1.76 bits per heavy atom. The van der Waals surface area contributed by atoms with Crippen LogP contribution in [0.25, 0.3) is 0 Å². The normalized spacial score (nSPS) is 45.9. The standard InChI is InChI=1S/C32H57NO9/c1-12-25-32(8,38)23(13-14-34)19(3)15-18(2)17-31(7,39-11)28(21(5)26(35)22(6)29(37)41-25)42-30-27(36)24(33(9)10)16-20(4)40-30/h14-15,18,20-28,30,35-36,38H,12-13,16-17H2,1-11H3/b19-15-/t18-,20+,21+,22+,23-,24-,25+,26+,27+,28+,30-,31+,32-/m0/s1. The van der Waals surface area contributed by atoms with Crippen LogP contribution in [0, 0.1) is 23.7 Å². The van der Waals surface area contributed by atoms with Crippen molar-refractivity contribution in [2.75, 3.05) is 21.2 Å². The van der Waals surface area contributed by atoms with E-state index in [-0.39, 0.29) is 24.5 Å². The van der Waals surface area contributed by atoms with Crippen LogP contribution in [0.4, 0.5) is 0 Å². The summed E-state index contributed by atoms with van der Waals surface area (Å²) >= 11 is 0. The monoisotopic (exact) mass is 599 g/mol. The maximum Gasteiger partial charge on any atom is 0.311 e. The average molecular weight is 600 g/mol. The maximum absolute atomic E-state index is 13.4. The van der Waals surface area contributed by atoms with E-state index in [1.54, 1.807) is 27.9 Å². The SMILES string of the molecule is CC[C@H]1OC(=O)[C@H](C)[C@H](O)[C@@H](C)[C@@H](O[C@@H]2O[C@H](C)C[C@H](N(C)C)[C@H]2O)[C@](C)(OC)C[C@@H](C)/C=C(/C)[C@H](CC=O)[C@]1(C)O. The molecule has 10 nitrogen and oxygen atoms in total. The first-order chi connectivity index (χ1) is 19.4. The molecule has 0 aliphatic carbocycles. The van der Waals surface area contributed by atoms with E-state index in [9.17, 15) is 24.9 Å². The molecule has 0 bridgehead atoms. The zero-order chi connectivity index (χ0) is 32.2. The molecule has 0 spiro atoms. The zero-order valence-corrected chi connectivity index (χ0v) is 27.6. The molecule has 2 rings (SSSR count). The van der Waals surface area contributed by atoms with Crippen molar-refractivity contribution < 1.29 is 43.9 Å². The molecule has 10 heteroatoms. The van der Waals surface area contributed by atoms with Gasteiger partial charge in [-0.2, -0.15) is 0 Å². The molecule has 42 heavy (non-hydrogen) atoms. The van der Waals surface area contributed by atoms with Crippen molar-refractivity contribution in [2.24, 2.45) is 23.7 Å². The topological polar surface area (TPSA) is 135 Å². The van der Waals surface area contributed by atoms with Crippen molar-refractivity contribution >= 4 is 12.3 Å². The van der Waals surface area contributed by atoms with Crippen LogP contribution >= 0.6 is 0 Å². The van der Waals surface area contributed by atoms with Crippen LogP contribution in [0.2, 0.25) is 0 Å². The third-order valence-electron chi connectivity index (χ3n) is 9.67. The summed E-state index contributed by atoms with van der Waals surface area (Å²) < 4.78 is 24.7. The first kappa shape index (κ1) is 36.8. The van der Waals surface area contributed by atoms with Gasteiger partial charge in [0.15, 0.2) is 6.29 Å². The highest BCUT2D eigenvalue weighted by molar-refractivity contribution is 5.73. The van der Waals surface area contributed by atoms with Crippen molar-refractivity contribution in [3.63, 3.8) is 0 Å². The second-order valence-corrected chi connectivity index (χ2v) is 13.4. The molecule has 0 saturated carbocycles. The molecular formula is C32H57NO9. The lowest BCUT2D eigenvalue weighted by molar-refractivity contribution is -0.301.